The molecule has 1 aromatic rings. The van der Waals surface area contributed by atoms with Crippen molar-refractivity contribution < 1.29 is 4.42 Å². The summed E-state index contributed by atoms with van der Waals surface area (Å²) in [4.78, 5) is 4.03. The summed E-state index contributed by atoms with van der Waals surface area (Å²) in [5.74, 6) is 0.804. The van der Waals surface area contributed by atoms with Gasteiger partial charge in [0.15, 0.2) is 12.2 Å². The third-order valence-corrected chi connectivity index (χ3v) is 1.65. The van der Waals surface area contributed by atoms with E-state index in [0.717, 1.165) is 17.0 Å². The summed E-state index contributed by atoms with van der Waals surface area (Å²) in [6, 6.07) is 0. The fraction of sp³-hybridized carbons (Fsp3) is 0.182. The maximum Gasteiger partial charge on any atom is 0.181 e. The Morgan fingerprint density at radius 3 is 2.85 bits per heavy atom. The number of hydrogen-bond donors (Lipinski definition) is 0. The molecule has 2 nitrogen and oxygen atoms in total. The number of aryl methyl sites for hydroxylation is 1. The molecule has 1 rings (SSSR count). The molecular weight excluding hydrogens is 162 g/mol. The highest BCUT2D eigenvalue weighted by Crippen LogP contribution is 2.18. The van der Waals surface area contributed by atoms with Crippen LogP contribution in [0.1, 0.15) is 18.4 Å². The first-order valence-electron chi connectivity index (χ1n) is 4.15. The van der Waals surface area contributed by atoms with Gasteiger partial charge in [-0.2, -0.15) is 0 Å². The van der Waals surface area contributed by atoms with Crippen molar-refractivity contribution in [2.75, 3.05) is 0 Å². The van der Waals surface area contributed by atoms with Crippen LogP contribution >= 0.6 is 0 Å². The van der Waals surface area contributed by atoms with E-state index in [2.05, 4.69) is 11.6 Å². The van der Waals surface area contributed by atoms with Crippen molar-refractivity contribution in [3.8, 4) is 0 Å². The lowest BCUT2D eigenvalue weighted by Gasteiger charge is -1.96. The summed E-state index contributed by atoms with van der Waals surface area (Å²) in [7, 11) is 0. The second kappa shape index (κ2) is 4.45. The van der Waals surface area contributed by atoms with Gasteiger partial charge in [-0.1, -0.05) is 30.9 Å². The Morgan fingerprint density at radius 1 is 1.62 bits per heavy atom. The molecule has 0 spiro atoms. The Hall–Kier alpha value is -1.57. The SMILES string of the molecule is C=C/C=C(\C=C/C)c1ocnc1C. The van der Waals surface area contributed by atoms with E-state index in [0.29, 0.717) is 0 Å². The summed E-state index contributed by atoms with van der Waals surface area (Å²) in [5, 5.41) is 0. The number of hydrogen-bond acceptors (Lipinski definition) is 2. The van der Waals surface area contributed by atoms with Gasteiger partial charge in [0.05, 0.1) is 5.69 Å². The number of allylic oxidation sites excluding steroid dienone is 5. The van der Waals surface area contributed by atoms with Crippen molar-refractivity contribution in [2.45, 2.75) is 13.8 Å². The molecule has 0 aliphatic heterocycles. The van der Waals surface area contributed by atoms with E-state index >= 15 is 0 Å². The normalized spacial score (nSPS) is 12.3. The van der Waals surface area contributed by atoms with E-state index in [1.54, 1.807) is 6.08 Å². The van der Waals surface area contributed by atoms with Crippen LogP contribution in [0.2, 0.25) is 0 Å². The van der Waals surface area contributed by atoms with Crippen LogP contribution in [-0.4, -0.2) is 4.98 Å². The van der Waals surface area contributed by atoms with Crippen LogP contribution < -0.4 is 0 Å². The molecule has 0 saturated heterocycles. The van der Waals surface area contributed by atoms with Crippen molar-refractivity contribution in [1.82, 2.24) is 4.98 Å². The second-order valence-electron chi connectivity index (χ2n) is 2.62. The van der Waals surface area contributed by atoms with Gasteiger partial charge < -0.3 is 4.42 Å². The lowest BCUT2D eigenvalue weighted by Crippen LogP contribution is -1.81. The number of rotatable bonds is 3. The van der Waals surface area contributed by atoms with E-state index in [1.165, 1.54) is 6.39 Å². The molecule has 68 valence electrons. The quantitative estimate of drug-likeness (QED) is 0.659. The molecule has 0 atom stereocenters. The van der Waals surface area contributed by atoms with Crippen molar-refractivity contribution in [3.05, 3.63) is 48.7 Å². The van der Waals surface area contributed by atoms with Crippen molar-refractivity contribution in [2.24, 2.45) is 0 Å². The fourth-order valence-corrected chi connectivity index (χ4v) is 1.09. The minimum Gasteiger partial charge on any atom is -0.443 e. The molecule has 2 heteroatoms. The van der Waals surface area contributed by atoms with Gasteiger partial charge in [-0.15, -0.1) is 0 Å². The van der Waals surface area contributed by atoms with Gasteiger partial charge in [0.1, 0.15) is 0 Å². The van der Waals surface area contributed by atoms with E-state index in [9.17, 15) is 0 Å². The largest absolute Gasteiger partial charge is 0.443 e. The summed E-state index contributed by atoms with van der Waals surface area (Å²) in [6.07, 6.45) is 9.00. The molecule has 0 N–H and O–H groups in total. The van der Waals surface area contributed by atoms with Gasteiger partial charge >= 0.3 is 0 Å². The first-order chi connectivity index (χ1) is 6.29. The molecule has 0 fully saturated rings. The smallest absolute Gasteiger partial charge is 0.181 e. The maximum absolute atomic E-state index is 5.25. The zero-order valence-corrected chi connectivity index (χ0v) is 7.95. The van der Waals surface area contributed by atoms with Crippen LogP contribution in [0.3, 0.4) is 0 Å². The molecule has 0 radical (unpaired) electrons. The minimum absolute atomic E-state index is 0.804. The Labute approximate surface area is 78.3 Å². The van der Waals surface area contributed by atoms with Crippen molar-refractivity contribution in [3.63, 3.8) is 0 Å². The number of nitrogens with zero attached hydrogens (tertiary/aromatic N) is 1. The molecule has 0 bridgehead atoms. The van der Waals surface area contributed by atoms with Gasteiger partial charge in [0, 0.05) is 5.57 Å². The van der Waals surface area contributed by atoms with Crippen molar-refractivity contribution >= 4 is 5.57 Å². The maximum atomic E-state index is 5.25. The van der Waals surface area contributed by atoms with Gasteiger partial charge in [0.2, 0.25) is 0 Å². The van der Waals surface area contributed by atoms with E-state index in [4.69, 9.17) is 4.42 Å². The first kappa shape index (κ1) is 9.52. The Kier molecular flexibility index (Phi) is 3.26. The lowest BCUT2D eigenvalue weighted by molar-refractivity contribution is 0.544. The summed E-state index contributed by atoms with van der Waals surface area (Å²) in [5.41, 5.74) is 1.89. The third kappa shape index (κ3) is 2.18. The van der Waals surface area contributed by atoms with Gasteiger partial charge in [-0.3, -0.25) is 0 Å². The standard InChI is InChI=1S/C11H13NO/c1-4-6-10(7-5-2)11-9(3)12-8-13-11/h4-8H,1H2,2-3H3/b7-5-,10-6+. The number of oxazole rings is 1. The van der Waals surface area contributed by atoms with Crippen LogP contribution in [0.15, 0.2) is 41.7 Å². The average molecular weight is 175 g/mol. The van der Waals surface area contributed by atoms with E-state index < -0.39 is 0 Å². The lowest BCUT2D eigenvalue weighted by atomic mass is 10.1. The monoisotopic (exact) mass is 175 g/mol. The van der Waals surface area contributed by atoms with Gasteiger partial charge in [0.25, 0.3) is 0 Å². The Morgan fingerprint density at radius 2 is 2.38 bits per heavy atom. The molecule has 0 unspecified atom stereocenters. The zero-order valence-electron chi connectivity index (χ0n) is 7.95. The molecular formula is C11H13NO. The topological polar surface area (TPSA) is 26.0 Å². The molecule has 0 aromatic carbocycles. The molecule has 13 heavy (non-hydrogen) atoms. The zero-order chi connectivity index (χ0) is 9.68. The molecule has 0 saturated carbocycles. The molecule has 0 amide bonds. The second-order valence-corrected chi connectivity index (χ2v) is 2.62. The van der Waals surface area contributed by atoms with Crippen LogP contribution in [0.25, 0.3) is 5.57 Å². The average Bonchev–Trinajstić information content (AvgIpc) is 2.51. The highest BCUT2D eigenvalue weighted by molar-refractivity contribution is 5.72. The molecule has 0 aliphatic carbocycles. The summed E-state index contributed by atoms with van der Waals surface area (Å²) in [6.45, 7) is 7.53. The highest BCUT2D eigenvalue weighted by Gasteiger charge is 2.05. The van der Waals surface area contributed by atoms with Gasteiger partial charge in [-0.25, -0.2) is 4.98 Å². The fourth-order valence-electron chi connectivity index (χ4n) is 1.09. The van der Waals surface area contributed by atoms with Crippen LogP contribution in [0.5, 0.6) is 0 Å². The predicted octanol–water partition coefficient (Wildman–Crippen LogP) is 3.13. The van der Waals surface area contributed by atoms with Crippen LogP contribution in [0, 0.1) is 6.92 Å². The molecule has 1 aromatic heterocycles. The Balaban J connectivity index is 3.09. The van der Waals surface area contributed by atoms with Crippen molar-refractivity contribution in [1.29, 1.82) is 0 Å². The van der Waals surface area contributed by atoms with Crippen LogP contribution in [-0.2, 0) is 0 Å². The first-order valence-corrected chi connectivity index (χ1v) is 4.15. The Bertz CT molecular complexity index is 345. The number of aromatic nitrogens is 1. The molecule has 0 aliphatic rings. The molecule has 1 heterocycles. The highest BCUT2D eigenvalue weighted by atomic mass is 16.3. The predicted molar refractivity (Wildman–Crippen MR) is 54.2 cm³/mol. The van der Waals surface area contributed by atoms with Gasteiger partial charge in [-0.05, 0) is 13.8 Å². The van der Waals surface area contributed by atoms with E-state index in [-0.39, 0.29) is 0 Å². The third-order valence-electron chi connectivity index (χ3n) is 1.65. The summed E-state index contributed by atoms with van der Waals surface area (Å²) < 4.78 is 5.25. The van der Waals surface area contributed by atoms with Crippen LogP contribution in [0.4, 0.5) is 0 Å². The van der Waals surface area contributed by atoms with E-state index in [1.807, 2.05) is 32.1 Å². The summed E-state index contributed by atoms with van der Waals surface area (Å²) >= 11 is 0. The minimum atomic E-state index is 0.804.